The summed E-state index contributed by atoms with van der Waals surface area (Å²) >= 11 is 0. The highest BCUT2D eigenvalue weighted by Crippen LogP contribution is 2.18. The smallest absolute Gasteiger partial charge is 0.322 e. The van der Waals surface area contributed by atoms with Gasteiger partial charge in [0.1, 0.15) is 30.7 Å². The summed E-state index contributed by atoms with van der Waals surface area (Å²) in [6, 6.07) is 4.35. The van der Waals surface area contributed by atoms with E-state index in [1.54, 1.807) is 44.2 Å². The van der Waals surface area contributed by atoms with Crippen molar-refractivity contribution in [1.82, 2.24) is 52.3 Å². The molecule has 66 heavy (non-hydrogen) atoms. The van der Waals surface area contributed by atoms with Crippen LogP contribution in [-0.4, -0.2) is 156 Å². The molecule has 9 N–H and O–H groups in total. The second kappa shape index (κ2) is 27.2. The third-order valence-electron chi connectivity index (χ3n) is 10.3. The predicted octanol–water partition coefficient (Wildman–Crippen LogP) is -3.11. The molecule has 0 saturated carbocycles. The minimum atomic E-state index is -1.28. The first-order valence-corrected chi connectivity index (χ1v) is 21.7. The van der Waals surface area contributed by atoms with Crippen LogP contribution >= 0.6 is 0 Å². The number of carbonyl (C=O) groups excluding carboxylic acids is 11. The first-order chi connectivity index (χ1) is 31.3. The summed E-state index contributed by atoms with van der Waals surface area (Å²) < 4.78 is 0. The monoisotopic (exact) mass is 924 g/mol. The lowest BCUT2D eigenvalue weighted by molar-refractivity contribution is -0.139. The van der Waals surface area contributed by atoms with Gasteiger partial charge in [-0.05, 0) is 50.5 Å². The highest BCUT2D eigenvalue weighted by atomic mass is 16.4. The van der Waals surface area contributed by atoms with E-state index in [4.69, 9.17) is 5.11 Å². The molecule has 360 valence electrons. The molecule has 3 rings (SSSR count). The van der Waals surface area contributed by atoms with Crippen LogP contribution in [0, 0.1) is 5.92 Å². The molecule has 0 bridgehead atoms. The van der Waals surface area contributed by atoms with Crippen molar-refractivity contribution < 1.29 is 62.6 Å². The van der Waals surface area contributed by atoms with Crippen molar-refractivity contribution in [3.8, 4) is 0 Å². The van der Waals surface area contributed by atoms with Gasteiger partial charge in [0.15, 0.2) is 0 Å². The Morgan fingerprint density at radius 3 is 1.88 bits per heavy atom. The summed E-state index contributed by atoms with van der Waals surface area (Å²) in [5, 5.41) is 28.3. The van der Waals surface area contributed by atoms with Gasteiger partial charge in [0.25, 0.3) is 11.8 Å². The van der Waals surface area contributed by atoms with E-state index in [2.05, 4.69) is 42.5 Å². The molecule has 0 unspecified atom stereocenters. The molecule has 0 radical (unpaired) electrons. The molecule has 1 fully saturated rings. The molecule has 0 aliphatic carbocycles. The summed E-state index contributed by atoms with van der Waals surface area (Å²) in [5.41, 5.74) is 0.683. The largest absolute Gasteiger partial charge is 0.480 e. The summed E-state index contributed by atoms with van der Waals surface area (Å²) in [4.78, 5) is 152. The van der Waals surface area contributed by atoms with Gasteiger partial charge in [0.05, 0.1) is 26.2 Å². The summed E-state index contributed by atoms with van der Waals surface area (Å²) in [5.74, 6) is -8.04. The molecule has 23 nitrogen and oxygen atoms in total. The fourth-order valence-corrected chi connectivity index (χ4v) is 6.85. The van der Waals surface area contributed by atoms with E-state index in [9.17, 15) is 57.5 Å². The molecule has 2 aliphatic rings. The Balaban J connectivity index is 1.37. The van der Waals surface area contributed by atoms with Crippen molar-refractivity contribution in [1.29, 1.82) is 0 Å². The maximum Gasteiger partial charge on any atom is 0.322 e. The van der Waals surface area contributed by atoms with Crippen LogP contribution < -0.4 is 42.5 Å². The third-order valence-corrected chi connectivity index (χ3v) is 10.3. The maximum absolute atomic E-state index is 13.1. The molecule has 1 aromatic rings. The molecule has 0 spiro atoms. The molecule has 4 atom stereocenters. The summed E-state index contributed by atoms with van der Waals surface area (Å²) in [6.45, 7) is 2.76. The average Bonchev–Trinajstić information content (AvgIpc) is 3.90. The standard InChI is InChI=1S/C43H60N10O13/c1-26(2)19-29(41(64)47-21-33(55)44-22-34(56)51-30(42(65)48-25-39(61)62)20-28-11-6-4-7-12-28)50-35(57)23-46-40(63)27(3)49-43(66)31-13-10-18-52(31)38(60)24-45-32(54)14-8-5-9-17-53-36(58)15-16-37(53)59/h4,6-7,11-12,15-16,26-27,29-31H,5,8-10,13-14,17-25H2,1-3H3,(H,44,55)(H,45,54)(H,46,63)(H,47,64)(H,48,65)(H,49,66)(H,50,57)(H,51,56)(H,61,62)/t27-,29-,30-,31-/m0/s1. The number of likely N-dealkylation sites (tertiary alicyclic amines) is 1. The van der Waals surface area contributed by atoms with Crippen LogP contribution in [0.15, 0.2) is 42.5 Å². The second-order valence-corrected chi connectivity index (χ2v) is 16.1. The molecular weight excluding hydrogens is 865 g/mol. The van der Waals surface area contributed by atoms with Crippen LogP contribution in [0.5, 0.6) is 0 Å². The molecule has 1 aromatic carbocycles. The number of carbonyl (C=O) groups is 12. The van der Waals surface area contributed by atoms with Gasteiger partial charge in [-0.2, -0.15) is 0 Å². The Hall–Kier alpha value is -7.20. The first-order valence-electron chi connectivity index (χ1n) is 21.7. The number of carboxylic acids is 1. The molecule has 2 aliphatic heterocycles. The first kappa shape index (κ1) is 53.1. The van der Waals surface area contributed by atoms with Crippen molar-refractivity contribution in [2.75, 3.05) is 45.8 Å². The molecular formula is C43H60N10O13. The maximum atomic E-state index is 13.1. The molecule has 0 aromatic heterocycles. The van der Waals surface area contributed by atoms with Crippen LogP contribution in [-0.2, 0) is 64.0 Å². The second-order valence-electron chi connectivity index (χ2n) is 16.1. The van der Waals surface area contributed by atoms with Crippen molar-refractivity contribution in [2.24, 2.45) is 5.92 Å². The number of unbranched alkanes of at least 4 members (excludes halogenated alkanes) is 2. The van der Waals surface area contributed by atoms with Crippen LogP contribution in [0.4, 0.5) is 0 Å². The zero-order valence-corrected chi connectivity index (χ0v) is 37.3. The number of nitrogens with zero attached hydrogens (tertiary/aromatic N) is 2. The van der Waals surface area contributed by atoms with Crippen LogP contribution in [0.1, 0.15) is 71.3 Å². The lowest BCUT2D eigenvalue weighted by Gasteiger charge is -2.25. The molecule has 11 amide bonds. The molecule has 23 heteroatoms. The van der Waals surface area contributed by atoms with E-state index in [1.807, 2.05) is 0 Å². The van der Waals surface area contributed by atoms with E-state index in [-0.39, 0.29) is 62.5 Å². The van der Waals surface area contributed by atoms with E-state index >= 15 is 0 Å². The van der Waals surface area contributed by atoms with E-state index in [0.717, 1.165) is 4.90 Å². The predicted molar refractivity (Wildman–Crippen MR) is 233 cm³/mol. The van der Waals surface area contributed by atoms with Crippen molar-refractivity contribution in [2.45, 2.75) is 96.3 Å². The number of carboxylic acid groups (broad SMARTS) is 1. The Kier molecular flexibility index (Phi) is 21.9. The van der Waals surface area contributed by atoms with Crippen LogP contribution in [0.25, 0.3) is 0 Å². The van der Waals surface area contributed by atoms with Gasteiger partial charge in [0.2, 0.25) is 53.2 Å². The number of amides is 11. The van der Waals surface area contributed by atoms with Crippen molar-refractivity contribution in [3.63, 3.8) is 0 Å². The zero-order chi connectivity index (χ0) is 48.8. The highest BCUT2D eigenvalue weighted by molar-refractivity contribution is 6.12. The number of nitrogens with one attached hydrogen (secondary N) is 8. The average molecular weight is 925 g/mol. The number of benzene rings is 1. The minimum absolute atomic E-state index is 0.0402. The normalized spacial score (nSPS) is 15.5. The molecule has 2 heterocycles. The molecule has 1 saturated heterocycles. The van der Waals surface area contributed by atoms with Gasteiger partial charge in [-0.1, -0.05) is 50.6 Å². The van der Waals surface area contributed by atoms with E-state index in [1.165, 1.54) is 24.0 Å². The minimum Gasteiger partial charge on any atom is -0.480 e. The lowest BCUT2D eigenvalue weighted by Crippen LogP contribution is -2.55. The fourth-order valence-electron chi connectivity index (χ4n) is 6.85. The quantitative estimate of drug-likeness (QED) is 0.0312. The van der Waals surface area contributed by atoms with Crippen molar-refractivity contribution >= 4 is 70.9 Å². The topological polar surface area (TPSA) is 328 Å². The number of imide groups is 1. The van der Waals surface area contributed by atoms with Gasteiger partial charge >= 0.3 is 5.97 Å². The van der Waals surface area contributed by atoms with Gasteiger partial charge in [-0.25, -0.2) is 0 Å². The van der Waals surface area contributed by atoms with Crippen molar-refractivity contribution in [3.05, 3.63) is 48.0 Å². The SMILES string of the molecule is CC(C)C[C@H](NC(=O)CNC(=O)[C@H](C)NC(=O)[C@@H]1CCCN1C(=O)CNC(=O)CCCCCN1C(=O)C=CC1=O)C(=O)NCC(=O)NCC(=O)N[C@@H](Cc1ccccc1)C(=O)NCC(=O)O. The van der Waals surface area contributed by atoms with Gasteiger partial charge in [-0.15, -0.1) is 0 Å². The number of aliphatic carboxylic acids is 1. The Morgan fingerprint density at radius 1 is 0.652 bits per heavy atom. The Morgan fingerprint density at radius 2 is 1.23 bits per heavy atom. The van der Waals surface area contributed by atoms with Gasteiger partial charge in [-0.3, -0.25) is 62.4 Å². The number of hydrogen-bond donors (Lipinski definition) is 9. The lowest BCUT2D eigenvalue weighted by atomic mass is 10.0. The summed E-state index contributed by atoms with van der Waals surface area (Å²) in [7, 11) is 0. The number of rotatable bonds is 27. The van der Waals surface area contributed by atoms with Gasteiger partial charge < -0.3 is 52.5 Å². The van der Waals surface area contributed by atoms with E-state index < -0.39 is 104 Å². The number of hydrogen-bond acceptors (Lipinski definition) is 12. The Bertz CT molecular complexity index is 1980. The van der Waals surface area contributed by atoms with Crippen LogP contribution in [0.3, 0.4) is 0 Å². The third kappa shape index (κ3) is 18.9. The Labute approximate surface area is 381 Å². The zero-order valence-electron chi connectivity index (χ0n) is 37.3. The fraction of sp³-hybridized carbons (Fsp3) is 0.535. The summed E-state index contributed by atoms with van der Waals surface area (Å²) in [6.07, 6.45) is 5.15. The van der Waals surface area contributed by atoms with E-state index in [0.29, 0.717) is 37.7 Å². The van der Waals surface area contributed by atoms with Crippen LogP contribution in [0.2, 0.25) is 0 Å². The highest BCUT2D eigenvalue weighted by Gasteiger charge is 2.35. The van der Waals surface area contributed by atoms with Gasteiger partial charge in [0, 0.05) is 38.1 Å².